The zero-order chi connectivity index (χ0) is 11.1. The van der Waals surface area contributed by atoms with Gasteiger partial charge in [0.25, 0.3) is 0 Å². The Kier molecular flexibility index (Phi) is 5.33. The van der Waals surface area contributed by atoms with Crippen molar-refractivity contribution < 1.29 is 4.39 Å². The van der Waals surface area contributed by atoms with Gasteiger partial charge in [0.1, 0.15) is 5.82 Å². The van der Waals surface area contributed by atoms with Crippen LogP contribution in [0.5, 0.6) is 0 Å². The molecule has 0 bridgehead atoms. The summed E-state index contributed by atoms with van der Waals surface area (Å²) < 4.78 is 12.6. The molecule has 0 aromatic heterocycles. The highest BCUT2D eigenvalue weighted by atomic mass is 19.1. The van der Waals surface area contributed by atoms with Crippen LogP contribution in [0, 0.1) is 5.82 Å². The quantitative estimate of drug-likeness (QED) is 0.759. The fraction of sp³-hybridized carbons (Fsp3) is 0.538. The van der Waals surface area contributed by atoms with Gasteiger partial charge in [-0.05, 0) is 44.0 Å². The van der Waals surface area contributed by atoms with Crippen LogP contribution in [0.4, 0.5) is 4.39 Å². The Morgan fingerprint density at radius 2 is 1.93 bits per heavy atom. The zero-order valence-corrected chi connectivity index (χ0v) is 9.59. The molecule has 1 unspecified atom stereocenters. The Balaban J connectivity index is 2.22. The molecule has 1 aromatic rings. The van der Waals surface area contributed by atoms with E-state index in [4.69, 9.17) is 0 Å². The second kappa shape index (κ2) is 6.57. The molecule has 2 heteroatoms. The van der Waals surface area contributed by atoms with Crippen LogP contribution in [-0.2, 0) is 6.42 Å². The van der Waals surface area contributed by atoms with Crippen LogP contribution in [0.1, 0.15) is 32.3 Å². The maximum atomic E-state index is 12.6. The standard InChI is InChI=1S/C13H20FN/c1-3-4-11(2)15-10-9-12-5-7-13(14)8-6-12/h5-8,11,15H,3-4,9-10H2,1-2H3. The van der Waals surface area contributed by atoms with Gasteiger partial charge >= 0.3 is 0 Å². The van der Waals surface area contributed by atoms with E-state index < -0.39 is 0 Å². The Labute approximate surface area is 91.7 Å². The third-order valence-electron chi connectivity index (χ3n) is 2.54. The van der Waals surface area contributed by atoms with Gasteiger partial charge in [0.2, 0.25) is 0 Å². The van der Waals surface area contributed by atoms with Crippen LogP contribution in [0.3, 0.4) is 0 Å². The molecule has 1 aromatic carbocycles. The van der Waals surface area contributed by atoms with Crippen molar-refractivity contribution in [2.45, 2.75) is 39.2 Å². The number of hydrogen-bond donors (Lipinski definition) is 1. The normalized spacial score (nSPS) is 12.7. The lowest BCUT2D eigenvalue weighted by Crippen LogP contribution is -2.27. The Morgan fingerprint density at radius 1 is 1.27 bits per heavy atom. The molecule has 1 nitrogen and oxygen atoms in total. The van der Waals surface area contributed by atoms with E-state index in [1.807, 2.05) is 12.1 Å². The second-order valence-electron chi connectivity index (χ2n) is 4.02. The monoisotopic (exact) mass is 209 g/mol. The molecule has 1 rings (SSSR count). The predicted octanol–water partition coefficient (Wildman–Crippen LogP) is 3.15. The molecule has 0 aliphatic rings. The lowest BCUT2D eigenvalue weighted by Gasteiger charge is -2.12. The van der Waals surface area contributed by atoms with Crippen LogP contribution < -0.4 is 5.32 Å². The van der Waals surface area contributed by atoms with Crippen molar-refractivity contribution in [2.75, 3.05) is 6.54 Å². The lowest BCUT2D eigenvalue weighted by molar-refractivity contribution is 0.512. The first-order chi connectivity index (χ1) is 7.22. The number of benzene rings is 1. The minimum absolute atomic E-state index is 0.161. The molecule has 15 heavy (non-hydrogen) atoms. The van der Waals surface area contributed by atoms with Crippen molar-refractivity contribution in [3.8, 4) is 0 Å². The fourth-order valence-corrected chi connectivity index (χ4v) is 1.65. The minimum atomic E-state index is -0.161. The molecule has 0 saturated carbocycles. The molecule has 0 saturated heterocycles. The van der Waals surface area contributed by atoms with Gasteiger partial charge in [0.05, 0.1) is 0 Å². The average Bonchev–Trinajstić information content (AvgIpc) is 2.21. The van der Waals surface area contributed by atoms with E-state index in [-0.39, 0.29) is 5.82 Å². The number of nitrogens with one attached hydrogen (secondary N) is 1. The second-order valence-corrected chi connectivity index (χ2v) is 4.02. The van der Waals surface area contributed by atoms with Crippen molar-refractivity contribution in [2.24, 2.45) is 0 Å². The van der Waals surface area contributed by atoms with Crippen molar-refractivity contribution in [1.82, 2.24) is 5.32 Å². The molecule has 84 valence electrons. The molecule has 0 heterocycles. The third kappa shape index (κ3) is 4.93. The van der Waals surface area contributed by atoms with Crippen LogP contribution in [0.2, 0.25) is 0 Å². The molecule has 0 spiro atoms. The van der Waals surface area contributed by atoms with Crippen molar-refractivity contribution >= 4 is 0 Å². The van der Waals surface area contributed by atoms with Gasteiger partial charge in [-0.1, -0.05) is 25.5 Å². The van der Waals surface area contributed by atoms with Crippen LogP contribution >= 0.6 is 0 Å². The SMILES string of the molecule is CCCC(C)NCCc1ccc(F)cc1. The molecule has 1 atom stereocenters. The highest BCUT2D eigenvalue weighted by Gasteiger charge is 1.99. The molecule has 0 amide bonds. The summed E-state index contributed by atoms with van der Waals surface area (Å²) in [5.74, 6) is -0.161. The highest BCUT2D eigenvalue weighted by Crippen LogP contribution is 2.03. The topological polar surface area (TPSA) is 12.0 Å². The van der Waals surface area contributed by atoms with E-state index in [0.717, 1.165) is 13.0 Å². The van der Waals surface area contributed by atoms with Crippen molar-refractivity contribution in [1.29, 1.82) is 0 Å². The van der Waals surface area contributed by atoms with E-state index in [1.165, 1.54) is 30.5 Å². The van der Waals surface area contributed by atoms with E-state index in [1.54, 1.807) is 0 Å². The van der Waals surface area contributed by atoms with Gasteiger partial charge in [-0.3, -0.25) is 0 Å². The lowest BCUT2D eigenvalue weighted by atomic mass is 10.1. The Morgan fingerprint density at radius 3 is 2.53 bits per heavy atom. The van der Waals surface area contributed by atoms with Gasteiger partial charge in [-0.15, -0.1) is 0 Å². The van der Waals surface area contributed by atoms with Crippen LogP contribution in [0.15, 0.2) is 24.3 Å². The van der Waals surface area contributed by atoms with Crippen LogP contribution in [0.25, 0.3) is 0 Å². The summed E-state index contributed by atoms with van der Waals surface area (Å²) in [5, 5.41) is 3.45. The molecule has 0 aliphatic carbocycles. The molecule has 0 aliphatic heterocycles. The fourth-order valence-electron chi connectivity index (χ4n) is 1.65. The minimum Gasteiger partial charge on any atom is -0.314 e. The van der Waals surface area contributed by atoms with Gasteiger partial charge in [-0.25, -0.2) is 4.39 Å². The van der Waals surface area contributed by atoms with Gasteiger partial charge in [0, 0.05) is 6.04 Å². The summed E-state index contributed by atoms with van der Waals surface area (Å²) in [7, 11) is 0. The first-order valence-corrected chi connectivity index (χ1v) is 5.70. The van der Waals surface area contributed by atoms with Gasteiger partial charge < -0.3 is 5.32 Å². The van der Waals surface area contributed by atoms with E-state index in [0.29, 0.717) is 6.04 Å². The summed E-state index contributed by atoms with van der Waals surface area (Å²) in [5.41, 5.74) is 1.19. The summed E-state index contributed by atoms with van der Waals surface area (Å²) in [6, 6.07) is 7.31. The Hall–Kier alpha value is -0.890. The summed E-state index contributed by atoms with van der Waals surface area (Å²) in [6.07, 6.45) is 3.39. The van der Waals surface area contributed by atoms with Crippen LogP contribution in [-0.4, -0.2) is 12.6 Å². The maximum Gasteiger partial charge on any atom is 0.123 e. The predicted molar refractivity (Wildman–Crippen MR) is 62.5 cm³/mol. The van der Waals surface area contributed by atoms with E-state index in [9.17, 15) is 4.39 Å². The number of hydrogen-bond acceptors (Lipinski definition) is 1. The van der Waals surface area contributed by atoms with E-state index >= 15 is 0 Å². The van der Waals surface area contributed by atoms with Gasteiger partial charge in [-0.2, -0.15) is 0 Å². The molecule has 0 radical (unpaired) electrons. The summed E-state index contributed by atoms with van der Waals surface area (Å²) in [4.78, 5) is 0. The van der Waals surface area contributed by atoms with E-state index in [2.05, 4.69) is 19.2 Å². The summed E-state index contributed by atoms with van der Waals surface area (Å²) in [6.45, 7) is 5.36. The zero-order valence-electron chi connectivity index (χ0n) is 9.59. The smallest absolute Gasteiger partial charge is 0.123 e. The molecular weight excluding hydrogens is 189 g/mol. The third-order valence-corrected chi connectivity index (χ3v) is 2.54. The van der Waals surface area contributed by atoms with Crippen molar-refractivity contribution in [3.05, 3.63) is 35.6 Å². The summed E-state index contributed by atoms with van der Waals surface area (Å²) >= 11 is 0. The van der Waals surface area contributed by atoms with Gasteiger partial charge in [0.15, 0.2) is 0 Å². The molecular formula is C13H20FN. The first kappa shape index (κ1) is 12.2. The highest BCUT2D eigenvalue weighted by molar-refractivity contribution is 5.16. The van der Waals surface area contributed by atoms with Crippen molar-refractivity contribution in [3.63, 3.8) is 0 Å². The first-order valence-electron chi connectivity index (χ1n) is 5.70. The average molecular weight is 209 g/mol. The molecule has 0 fully saturated rings. The Bertz CT molecular complexity index is 268. The largest absolute Gasteiger partial charge is 0.314 e. The maximum absolute atomic E-state index is 12.6. The molecule has 1 N–H and O–H groups in total. The number of halogens is 1. The number of rotatable bonds is 6.